The average molecular weight is 211 g/mol. The van der Waals surface area contributed by atoms with E-state index in [9.17, 15) is 0 Å². The summed E-state index contributed by atoms with van der Waals surface area (Å²) in [5.41, 5.74) is 0. The van der Waals surface area contributed by atoms with Crippen molar-refractivity contribution in [3.63, 3.8) is 0 Å². The lowest BCUT2D eigenvalue weighted by molar-refractivity contribution is 0.0273. The van der Waals surface area contributed by atoms with Crippen LogP contribution in [0, 0.1) is 11.8 Å². The Balaban J connectivity index is 2.15. The molecule has 1 N–H and O–H groups in total. The second-order valence-electron chi connectivity index (χ2n) is 4.63. The highest BCUT2D eigenvalue weighted by molar-refractivity contribution is 4.93. The largest absolute Gasteiger partial charge is 0.377 e. The van der Waals surface area contributed by atoms with Gasteiger partial charge < -0.3 is 10.1 Å². The van der Waals surface area contributed by atoms with E-state index in [-0.39, 0.29) is 0 Å². The molecule has 0 heterocycles. The van der Waals surface area contributed by atoms with E-state index in [1.54, 1.807) is 0 Å². The summed E-state index contributed by atoms with van der Waals surface area (Å²) < 4.78 is 5.86. The molecule has 0 aromatic heterocycles. The Morgan fingerprint density at radius 1 is 1.40 bits per heavy atom. The first-order valence-electron chi connectivity index (χ1n) is 6.21. The fraction of sp³-hybridized carbons (Fsp3) is 0.846. The van der Waals surface area contributed by atoms with E-state index in [0.29, 0.717) is 6.10 Å². The highest BCUT2D eigenvalue weighted by Crippen LogP contribution is 2.25. The van der Waals surface area contributed by atoms with Gasteiger partial charge in [0.25, 0.3) is 0 Å². The molecule has 0 aromatic rings. The van der Waals surface area contributed by atoms with Crippen molar-refractivity contribution in [2.75, 3.05) is 19.7 Å². The molecule has 0 aromatic carbocycles. The van der Waals surface area contributed by atoms with Crippen molar-refractivity contribution in [1.82, 2.24) is 5.32 Å². The molecule has 1 aliphatic carbocycles. The molecule has 0 saturated heterocycles. The predicted molar refractivity (Wildman–Crippen MR) is 65.0 cm³/mol. The molecule has 1 aliphatic rings. The molecule has 0 amide bonds. The maximum Gasteiger partial charge on any atom is 0.0671 e. The maximum atomic E-state index is 5.86. The summed E-state index contributed by atoms with van der Waals surface area (Å²) >= 11 is 0. The predicted octanol–water partition coefficient (Wildman–Crippen LogP) is 2.60. The maximum absolute atomic E-state index is 5.86. The van der Waals surface area contributed by atoms with Gasteiger partial charge in [-0.1, -0.05) is 26.0 Å². The van der Waals surface area contributed by atoms with Crippen LogP contribution in [-0.4, -0.2) is 25.8 Å². The van der Waals surface area contributed by atoms with E-state index in [1.807, 2.05) is 0 Å². The number of allylic oxidation sites excluding steroid dienone is 2. The lowest BCUT2D eigenvalue weighted by Gasteiger charge is -2.26. The molecule has 0 aliphatic heterocycles. The summed E-state index contributed by atoms with van der Waals surface area (Å²) in [5.74, 6) is 1.50. The number of hydrogen-bond acceptors (Lipinski definition) is 2. The van der Waals surface area contributed by atoms with Gasteiger partial charge >= 0.3 is 0 Å². The third-order valence-corrected chi connectivity index (χ3v) is 3.19. The zero-order valence-electron chi connectivity index (χ0n) is 10.3. The van der Waals surface area contributed by atoms with Gasteiger partial charge in [0, 0.05) is 6.54 Å². The molecular weight excluding hydrogens is 186 g/mol. The third-order valence-electron chi connectivity index (χ3n) is 3.19. The van der Waals surface area contributed by atoms with Crippen molar-refractivity contribution in [2.24, 2.45) is 11.8 Å². The standard InChI is InChI=1S/C13H25NO/c1-4-14-9-12(3)15-10-13-8-6-5-7-11(13)2/h5-6,11-14H,4,7-10H2,1-3H3. The fourth-order valence-corrected chi connectivity index (χ4v) is 1.93. The minimum Gasteiger partial charge on any atom is -0.377 e. The van der Waals surface area contributed by atoms with Crippen LogP contribution >= 0.6 is 0 Å². The van der Waals surface area contributed by atoms with Crippen molar-refractivity contribution in [3.8, 4) is 0 Å². The zero-order valence-corrected chi connectivity index (χ0v) is 10.3. The van der Waals surface area contributed by atoms with Gasteiger partial charge in [0.15, 0.2) is 0 Å². The zero-order chi connectivity index (χ0) is 11.1. The van der Waals surface area contributed by atoms with E-state index in [2.05, 4.69) is 38.2 Å². The van der Waals surface area contributed by atoms with Gasteiger partial charge in [-0.05, 0) is 38.1 Å². The van der Waals surface area contributed by atoms with E-state index < -0.39 is 0 Å². The molecule has 0 fully saturated rings. The second-order valence-corrected chi connectivity index (χ2v) is 4.63. The normalized spacial score (nSPS) is 27.9. The number of hydrogen-bond donors (Lipinski definition) is 1. The lowest BCUT2D eigenvalue weighted by Crippen LogP contribution is -2.29. The van der Waals surface area contributed by atoms with Crippen LogP contribution in [0.4, 0.5) is 0 Å². The molecule has 0 saturated carbocycles. The van der Waals surface area contributed by atoms with Gasteiger partial charge in [-0.2, -0.15) is 0 Å². The minimum absolute atomic E-state index is 0.336. The molecule has 1 rings (SSSR count). The molecular formula is C13H25NO. The highest BCUT2D eigenvalue weighted by Gasteiger charge is 2.19. The van der Waals surface area contributed by atoms with Gasteiger partial charge in [0.1, 0.15) is 0 Å². The summed E-state index contributed by atoms with van der Waals surface area (Å²) in [6.45, 7) is 9.50. The first-order valence-corrected chi connectivity index (χ1v) is 6.21. The molecule has 3 atom stereocenters. The smallest absolute Gasteiger partial charge is 0.0671 e. The fourth-order valence-electron chi connectivity index (χ4n) is 1.93. The first kappa shape index (κ1) is 12.7. The monoisotopic (exact) mass is 211 g/mol. The quantitative estimate of drug-likeness (QED) is 0.682. The number of likely N-dealkylation sites (N-methyl/N-ethyl adjacent to an activating group) is 1. The van der Waals surface area contributed by atoms with Gasteiger partial charge in [-0.15, -0.1) is 0 Å². The highest BCUT2D eigenvalue weighted by atomic mass is 16.5. The Bertz CT molecular complexity index is 191. The number of ether oxygens (including phenoxy) is 1. The molecule has 15 heavy (non-hydrogen) atoms. The third kappa shape index (κ3) is 4.80. The van der Waals surface area contributed by atoms with Crippen molar-refractivity contribution < 1.29 is 4.74 Å². The molecule has 0 radical (unpaired) electrons. The summed E-state index contributed by atoms with van der Waals surface area (Å²) in [6, 6.07) is 0. The molecule has 0 spiro atoms. The number of nitrogens with one attached hydrogen (secondary N) is 1. The summed E-state index contributed by atoms with van der Waals surface area (Å²) in [5, 5.41) is 3.31. The average Bonchev–Trinajstić information content (AvgIpc) is 2.25. The van der Waals surface area contributed by atoms with E-state index in [0.717, 1.165) is 31.5 Å². The second kappa shape index (κ2) is 7.02. The van der Waals surface area contributed by atoms with Crippen molar-refractivity contribution in [2.45, 2.75) is 39.7 Å². The van der Waals surface area contributed by atoms with Crippen LogP contribution in [0.5, 0.6) is 0 Å². The first-order chi connectivity index (χ1) is 7.24. The van der Waals surface area contributed by atoms with E-state index in [4.69, 9.17) is 4.74 Å². The van der Waals surface area contributed by atoms with Crippen LogP contribution in [-0.2, 0) is 4.74 Å². The summed E-state index contributed by atoms with van der Waals surface area (Å²) in [4.78, 5) is 0. The Labute approximate surface area is 94.1 Å². The van der Waals surface area contributed by atoms with Crippen LogP contribution in [0.2, 0.25) is 0 Å². The van der Waals surface area contributed by atoms with E-state index >= 15 is 0 Å². The van der Waals surface area contributed by atoms with Crippen molar-refractivity contribution in [3.05, 3.63) is 12.2 Å². The lowest BCUT2D eigenvalue weighted by atomic mass is 9.85. The Hall–Kier alpha value is -0.340. The van der Waals surface area contributed by atoms with Crippen LogP contribution in [0.25, 0.3) is 0 Å². The SMILES string of the molecule is CCNCC(C)OCC1CC=CCC1C. The molecule has 2 nitrogen and oxygen atoms in total. The summed E-state index contributed by atoms with van der Waals surface area (Å²) in [6.07, 6.45) is 7.33. The Morgan fingerprint density at radius 2 is 2.13 bits per heavy atom. The Morgan fingerprint density at radius 3 is 2.80 bits per heavy atom. The minimum atomic E-state index is 0.336. The number of rotatable bonds is 6. The van der Waals surface area contributed by atoms with Crippen molar-refractivity contribution in [1.29, 1.82) is 0 Å². The van der Waals surface area contributed by atoms with Crippen LogP contribution in [0.15, 0.2) is 12.2 Å². The van der Waals surface area contributed by atoms with Gasteiger partial charge in [-0.3, -0.25) is 0 Å². The molecule has 88 valence electrons. The van der Waals surface area contributed by atoms with Crippen LogP contribution in [0.3, 0.4) is 0 Å². The van der Waals surface area contributed by atoms with Crippen LogP contribution in [0.1, 0.15) is 33.6 Å². The van der Waals surface area contributed by atoms with Gasteiger partial charge in [-0.25, -0.2) is 0 Å². The molecule has 2 heteroatoms. The van der Waals surface area contributed by atoms with Gasteiger partial charge in [0.2, 0.25) is 0 Å². The molecule has 0 bridgehead atoms. The van der Waals surface area contributed by atoms with Gasteiger partial charge in [0.05, 0.1) is 12.7 Å². The molecule has 3 unspecified atom stereocenters. The Kier molecular flexibility index (Phi) is 5.96. The van der Waals surface area contributed by atoms with Crippen molar-refractivity contribution >= 4 is 0 Å². The topological polar surface area (TPSA) is 21.3 Å². The van der Waals surface area contributed by atoms with Crippen LogP contribution < -0.4 is 5.32 Å². The summed E-state index contributed by atoms with van der Waals surface area (Å²) in [7, 11) is 0. The van der Waals surface area contributed by atoms with E-state index in [1.165, 1.54) is 12.8 Å².